The zero-order valence-electron chi connectivity index (χ0n) is 12.8. The Morgan fingerprint density at radius 3 is 2.48 bits per heavy atom. The summed E-state index contributed by atoms with van der Waals surface area (Å²) < 4.78 is 10.7. The van der Waals surface area contributed by atoms with Crippen molar-refractivity contribution < 1.29 is 14.3 Å². The Labute approximate surface area is 126 Å². The fraction of sp³-hybridized carbons (Fsp3) is 0.562. The average molecular weight is 292 g/mol. The minimum absolute atomic E-state index is 0.164. The number of nitrogens with zero attached hydrogens (tertiary/aromatic N) is 1. The lowest BCUT2D eigenvalue weighted by Crippen LogP contribution is -2.40. The molecule has 0 bridgehead atoms. The number of hydrogen-bond donors (Lipinski definition) is 1. The minimum atomic E-state index is 0.164. The van der Waals surface area contributed by atoms with Crippen molar-refractivity contribution in [2.75, 3.05) is 40.4 Å². The van der Waals surface area contributed by atoms with E-state index in [1.807, 2.05) is 31.3 Å². The van der Waals surface area contributed by atoms with Gasteiger partial charge < -0.3 is 19.7 Å². The standard InChI is InChI=1S/C16H24N2O3/c1-18(16(19)13-7-9-17-10-8-13)11-12-21-15-5-3-14(20-2)4-6-15/h3-6,13,17H,7-12H2,1-2H3. The summed E-state index contributed by atoms with van der Waals surface area (Å²) in [5.74, 6) is 1.99. The summed E-state index contributed by atoms with van der Waals surface area (Å²) in [6.45, 7) is 2.98. The van der Waals surface area contributed by atoms with Crippen LogP contribution in [0, 0.1) is 5.92 Å². The van der Waals surface area contributed by atoms with E-state index >= 15 is 0 Å². The molecular formula is C16H24N2O3. The number of carbonyl (C=O) groups is 1. The van der Waals surface area contributed by atoms with Crippen LogP contribution in [0.1, 0.15) is 12.8 Å². The number of ether oxygens (including phenoxy) is 2. The van der Waals surface area contributed by atoms with E-state index < -0.39 is 0 Å². The van der Waals surface area contributed by atoms with Gasteiger partial charge in [-0.05, 0) is 50.2 Å². The van der Waals surface area contributed by atoms with Crippen molar-refractivity contribution >= 4 is 5.91 Å². The number of carbonyl (C=O) groups excluding carboxylic acids is 1. The van der Waals surface area contributed by atoms with E-state index in [4.69, 9.17) is 9.47 Å². The molecule has 1 N–H and O–H groups in total. The molecule has 1 aromatic rings. The smallest absolute Gasteiger partial charge is 0.225 e. The summed E-state index contributed by atoms with van der Waals surface area (Å²) in [5, 5.41) is 3.28. The van der Waals surface area contributed by atoms with Crippen LogP contribution >= 0.6 is 0 Å². The van der Waals surface area contributed by atoms with Crippen LogP contribution in [0.4, 0.5) is 0 Å². The van der Waals surface area contributed by atoms with E-state index in [0.717, 1.165) is 37.4 Å². The predicted molar refractivity (Wildman–Crippen MR) is 81.7 cm³/mol. The van der Waals surface area contributed by atoms with Gasteiger partial charge in [-0.25, -0.2) is 0 Å². The Hall–Kier alpha value is -1.75. The molecule has 1 amide bonds. The first-order valence-corrected chi connectivity index (χ1v) is 7.43. The lowest BCUT2D eigenvalue weighted by atomic mass is 9.97. The van der Waals surface area contributed by atoms with Gasteiger partial charge in [0, 0.05) is 13.0 Å². The van der Waals surface area contributed by atoms with Gasteiger partial charge in [0.1, 0.15) is 18.1 Å². The number of rotatable bonds is 6. The monoisotopic (exact) mass is 292 g/mol. The van der Waals surface area contributed by atoms with E-state index in [2.05, 4.69) is 5.32 Å². The first-order chi connectivity index (χ1) is 10.2. The van der Waals surface area contributed by atoms with Crippen LogP contribution < -0.4 is 14.8 Å². The SMILES string of the molecule is COc1ccc(OCCN(C)C(=O)C2CCNCC2)cc1. The van der Waals surface area contributed by atoms with E-state index in [-0.39, 0.29) is 11.8 Å². The van der Waals surface area contributed by atoms with Crippen molar-refractivity contribution in [1.29, 1.82) is 0 Å². The maximum Gasteiger partial charge on any atom is 0.225 e. The van der Waals surface area contributed by atoms with Crippen LogP contribution in [0.25, 0.3) is 0 Å². The van der Waals surface area contributed by atoms with Crippen LogP contribution in [0.15, 0.2) is 24.3 Å². The zero-order valence-corrected chi connectivity index (χ0v) is 12.8. The second-order valence-corrected chi connectivity index (χ2v) is 5.31. The molecule has 116 valence electrons. The molecule has 0 aromatic heterocycles. The van der Waals surface area contributed by atoms with Crippen molar-refractivity contribution in [2.45, 2.75) is 12.8 Å². The fourth-order valence-electron chi connectivity index (χ4n) is 2.46. The highest BCUT2D eigenvalue weighted by molar-refractivity contribution is 5.78. The first-order valence-electron chi connectivity index (χ1n) is 7.43. The Morgan fingerprint density at radius 2 is 1.86 bits per heavy atom. The van der Waals surface area contributed by atoms with Gasteiger partial charge in [0.05, 0.1) is 13.7 Å². The van der Waals surface area contributed by atoms with Gasteiger partial charge >= 0.3 is 0 Å². The summed E-state index contributed by atoms with van der Waals surface area (Å²) in [4.78, 5) is 14.0. The number of methoxy groups -OCH3 is 1. The maximum absolute atomic E-state index is 12.3. The Balaban J connectivity index is 1.72. The summed E-state index contributed by atoms with van der Waals surface area (Å²) >= 11 is 0. The molecule has 5 heteroatoms. The molecule has 1 aromatic carbocycles. The average Bonchev–Trinajstić information content (AvgIpc) is 2.55. The highest BCUT2D eigenvalue weighted by Crippen LogP contribution is 2.17. The Morgan fingerprint density at radius 1 is 1.24 bits per heavy atom. The summed E-state index contributed by atoms with van der Waals surface area (Å²) in [6.07, 6.45) is 1.87. The zero-order chi connectivity index (χ0) is 15.1. The molecular weight excluding hydrogens is 268 g/mol. The second kappa shape index (κ2) is 7.88. The molecule has 1 aliphatic rings. The van der Waals surface area contributed by atoms with Gasteiger partial charge in [0.25, 0.3) is 0 Å². The largest absolute Gasteiger partial charge is 0.497 e. The maximum atomic E-state index is 12.3. The quantitative estimate of drug-likeness (QED) is 0.864. The number of piperidine rings is 1. The normalized spacial score (nSPS) is 15.5. The molecule has 1 heterocycles. The third kappa shape index (κ3) is 4.63. The number of hydrogen-bond acceptors (Lipinski definition) is 4. The highest BCUT2D eigenvalue weighted by atomic mass is 16.5. The molecule has 5 nitrogen and oxygen atoms in total. The van der Waals surface area contributed by atoms with Crippen LogP contribution in [0.3, 0.4) is 0 Å². The molecule has 0 aliphatic carbocycles. The molecule has 1 aliphatic heterocycles. The molecule has 0 unspecified atom stereocenters. The highest BCUT2D eigenvalue weighted by Gasteiger charge is 2.23. The van der Waals surface area contributed by atoms with Gasteiger partial charge in [-0.1, -0.05) is 0 Å². The summed E-state index contributed by atoms with van der Waals surface area (Å²) in [6, 6.07) is 7.46. The van der Waals surface area contributed by atoms with Crippen molar-refractivity contribution in [2.24, 2.45) is 5.92 Å². The number of benzene rings is 1. The molecule has 21 heavy (non-hydrogen) atoms. The van der Waals surface area contributed by atoms with Crippen LogP contribution in [-0.2, 0) is 4.79 Å². The minimum Gasteiger partial charge on any atom is -0.497 e. The van der Waals surface area contributed by atoms with Crippen molar-refractivity contribution in [3.8, 4) is 11.5 Å². The Bertz CT molecular complexity index is 441. The van der Waals surface area contributed by atoms with E-state index in [9.17, 15) is 4.79 Å². The lowest BCUT2D eigenvalue weighted by molar-refractivity contribution is -0.135. The van der Waals surface area contributed by atoms with Crippen LogP contribution in [0.5, 0.6) is 11.5 Å². The third-order valence-corrected chi connectivity index (χ3v) is 3.82. The molecule has 1 saturated heterocycles. The number of amides is 1. The van der Waals surface area contributed by atoms with Crippen molar-refractivity contribution in [3.05, 3.63) is 24.3 Å². The molecule has 0 radical (unpaired) electrons. The summed E-state index contributed by atoms with van der Waals surface area (Å²) in [5.41, 5.74) is 0. The van der Waals surface area contributed by atoms with E-state index in [1.165, 1.54) is 0 Å². The number of likely N-dealkylation sites (N-methyl/N-ethyl adjacent to an activating group) is 1. The molecule has 0 spiro atoms. The van der Waals surface area contributed by atoms with Crippen molar-refractivity contribution in [3.63, 3.8) is 0 Å². The van der Waals surface area contributed by atoms with Gasteiger partial charge in [-0.15, -0.1) is 0 Å². The fourth-order valence-corrected chi connectivity index (χ4v) is 2.46. The van der Waals surface area contributed by atoms with Gasteiger partial charge in [-0.2, -0.15) is 0 Å². The number of nitrogens with one attached hydrogen (secondary N) is 1. The van der Waals surface area contributed by atoms with Crippen LogP contribution in [-0.4, -0.2) is 51.2 Å². The molecule has 0 saturated carbocycles. The first kappa shape index (κ1) is 15.6. The van der Waals surface area contributed by atoms with Gasteiger partial charge in [-0.3, -0.25) is 4.79 Å². The molecule has 1 fully saturated rings. The second-order valence-electron chi connectivity index (χ2n) is 5.31. The third-order valence-electron chi connectivity index (χ3n) is 3.82. The van der Waals surface area contributed by atoms with Crippen molar-refractivity contribution in [1.82, 2.24) is 10.2 Å². The topological polar surface area (TPSA) is 50.8 Å². The Kier molecular flexibility index (Phi) is 5.87. The van der Waals surface area contributed by atoms with E-state index in [1.54, 1.807) is 12.0 Å². The lowest BCUT2D eigenvalue weighted by Gasteiger charge is -2.26. The van der Waals surface area contributed by atoms with Gasteiger partial charge in [0.15, 0.2) is 0 Å². The molecule has 2 rings (SSSR count). The van der Waals surface area contributed by atoms with E-state index in [0.29, 0.717) is 13.2 Å². The van der Waals surface area contributed by atoms with Gasteiger partial charge in [0.2, 0.25) is 5.91 Å². The predicted octanol–water partition coefficient (Wildman–Crippen LogP) is 1.53. The molecule has 0 atom stereocenters. The van der Waals surface area contributed by atoms with Crippen LogP contribution in [0.2, 0.25) is 0 Å². The summed E-state index contributed by atoms with van der Waals surface area (Å²) in [7, 11) is 3.49.